The van der Waals surface area contributed by atoms with Crippen molar-refractivity contribution < 1.29 is 0 Å². The molecule has 0 aliphatic heterocycles. The molecule has 0 fully saturated rings. The topological polar surface area (TPSA) is 25.8 Å². The molecule has 5 aromatic carbocycles. The molecule has 2 heteroatoms. The summed E-state index contributed by atoms with van der Waals surface area (Å²) >= 11 is 0. The molecule has 0 bridgehead atoms. The molecule has 1 aromatic heterocycles. The summed E-state index contributed by atoms with van der Waals surface area (Å²) in [5, 5.41) is 0. The molecule has 2 nitrogen and oxygen atoms in total. The highest BCUT2D eigenvalue weighted by Gasteiger charge is 2.22. The first kappa shape index (κ1) is 25.5. The van der Waals surface area contributed by atoms with Gasteiger partial charge >= 0.3 is 0 Å². The van der Waals surface area contributed by atoms with Crippen molar-refractivity contribution in [3.8, 4) is 44.6 Å². The van der Waals surface area contributed by atoms with Crippen LogP contribution in [-0.2, 0) is 5.41 Å². The maximum Gasteiger partial charge on any atom is 0.0885 e. The monoisotopic (exact) mass is 516 g/mol. The number of aromatic nitrogens is 2. The number of hydrogen-bond acceptors (Lipinski definition) is 2. The normalized spacial score (nSPS) is 11.4. The van der Waals surface area contributed by atoms with Crippen molar-refractivity contribution >= 4 is 0 Å². The van der Waals surface area contributed by atoms with Crippen LogP contribution < -0.4 is 0 Å². The zero-order valence-electron chi connectivity index (χ0n) is 23.2. The third-order valence-electron chi connectivity index (χ3n) is 7.77. The Morgan fingerprint density at radius 3 is 1.43 bits per heavy atom. The summed E-state index contributed by atoms with van der Waals surface area (Å²) in [4.78, 5) is 8.97. The third-order valence-corrected chi connectivity index (χ3v) is 7.77. The van der Waals surface area contributed by atoms with Crippen LogP contribution in [0.4, 0.5) is 0 Å². The average Bonchev–Trinajstić information content (AvgIpc) is 3.02. The molecule has 0 unspecified atom stereocenters. The minimum Gasteiger partial charge on any atom is -0.258 e. The summed E-state index contributed by atoms with van der Waals surface area (Å²) in [6.07, 6.45) is 3.65. The lowest BCUT2D eigenvalue weighted by Crippen LogP contribution is -2.18. The lowest BCUT2D eigenvalue weighted by molar-refractivity contribution is 0.641. The van der Waals surface area contributed by atoms with E-state index in [0.29, 0.717) is 0 Å². The van der Waals surface area contributed by atoms with Gasteiger partial charge in [0.2, 0.25) is 0 Å². The highest BCUT2D eigenvalue weighted by molar-refractivity contribution is 5.78. The zero-order chi connectivity index (χ0) is 27.5. The zero-order valence-corrected chi connectivity index (χ0v) is 23.2. The Balaban J connectivity index is 1.28. The SMILES string of the molecule is Cc1cnc(-c2cccc(-c3cccc(-c4cccc(-c5ccc(C(C)(C)c6ccccc6)cc5)c4)c3)c2)cn1. The van der Waals surface area contributed by atoms with Crippen molar-refractivity contribution in [1.29, 1.82) is 0 Å². The van der Waals surface area contributed by atoms with Gasteiger partial charge in [-0.25, -0.2) is 0 Å². The fourth-order valence-corrected chi connectivity index (χ4v) is 5.26. The van der Waals surface area contributed by atoms with E-state index in [1.807, 2.05) is 19.3 Å². The summed E-state index contributed by atoms with van der Waals surface area (Å²) in [6.45, 7) is 6.53. The molecular formula is C38H32N2. The molecule has 0 amide bonds. The Morgan fingerprint density at radius 1 is 0.425 bits per heavy atom. The molecule has 6 rings (SSSR count). The summed E-state index contributed by atoms with van der Waals surface area (Å²) < 4.78 is 0. The van der Waals surface area contributed by atoms with Gasteiger partial charge in [0.05, 0.1) is 17.6 Å². The lowest BCUT2D eigenvalue weighted by atomic mass is 9.78. The summed E-state index contributed by atoms with van der Waals surface area (Å²) in [7, 11) is 0. The van der Waals surface area contributed by atoms with E-state index < -0.39 is 0 Å². The largest absolute Gasteiger partial charge is 0.258 e. The van der Waals surface area contributed by atoms with Gasteiger partial charge in [-0.2, -0.15) is 0 Å². The van der Waals surface area contributed by atoms with Gasteiger partial charge in [-0.1, -0.05) is 123 Å². The second-order valence-electron chi connectivity index (χ2n) is 10.9. The fourth-order valence-electron chi connectivity index (χ4n) is 5.26. The van der Waals surface area contributed by atoms with Gasteiger partial charge in [0, 0.05) is 17.2 Å². The van der Waals surface area contributed by atoms with Crippen molar-refractivity contribution in [3.05, 3.63) is 157 Å². The third kappa shape index (κ3) is 5.21. The maximum atomic E-state index is 4.56. The van der Waals surface area contributed by atoms with Crippen LogP contribution in [0.5, 0.6) is 0 Å². The molecule has 6 aromatic rings. The number of rotatable bonds is 6. The molecule has 194 valence electrons. The number of benzene rings is 5. The van der Waals surface area contributed by atoms with E-state index >= 15 is 0 Å². The Morgan fingerprint density at radius 2 is 0.900 bits per heavy atom. The summed E-state index contributed by atoms with van der Waals surface area (Å²) in [5.74, 6) is 0. The highest BCUT2D eigenvalue weighted by Crippen LogP contribution is 2.34. The first-order valence-electron chi connectivity index (χ1n) is 13.7. The smallest absolute Gasteiger partial charge is 0.0885 e. The first-order valence-corrected chi connectivity index (χ1v) is 13.7. The molecule has 0 aliphatic rings. The molecule has 0 saturated carbocycles. The van der Waals surface area contributed by atoms with Gasteiger partial charge in [-0.3, -0.25) is 9.97 Å². The van der Waals surface area contributed by atoms with Gasteiger partial charge in [0.1, 0.15) is 0 Å². The van der Waals surface area contributed by atoms with Crippen LogP contribution in [-0.4, -0.2) is 9.97 Å². The summed E-state index contributed by atoms with van der Waals surface area (Å²) in [5.41, 5.74) is 12.6. The van der Waals surface area contributed by atoms with Gasteiger partial charge in [-0.15, -0.1) is 0 Å². The molecule has 0 aliphatic carbocycles. The van der Waals surface area contributed by atoms with E-state index in [9.17, 15) is 0 Å². The lowest BCUT2D eigenvalue weighted by Gasteiger charge is -2.26. The van der Waals surface area contributed by atoms with E-state index in [1.165, 1.54) is 38.9 Å². The molecular weight excluding hydrogens is 484 g/mol. The minimum absolute atomic E-state index is 0.0502. The van der Waals surface area contributed by atoms with Gasteiger partial charge in [0.15, 0.2) is 0 Å². The highest BCUT2D eigenvalue weighted by atomic mass is 14.8. The molecule has 0 spiro atoms. The van der Waals surface area contributed by atoms with E-state index in [4.69, 9.17) is 0 Å². The molecule has 0 N–H and O–H groups in total. The standard InChI is InChI=1S/C38H32N2/c1-27-25-40-37(26-39-27)34-15-9-14-33(24-34)32-13-8-12-31(23-32)30-11-7-10-29(22-30)28-18-20-36(21-19-28)38(2,3)35-16-5-4-6-17-35/h4-26H,1-3H3. The number of hydrogen-bond donors (Lipinski definition) is 0. The summed E-state index contributed by atoms with van der Waals surface area (Å²) in [6, 6.07) is 45.8. The number of aryl methyl sites for hydroxylation is 1. The van der Waals surface area contributed by atoms with Crippen LogP contribution in [0.2, 0.25) is 0 Å². The van der Waals surface area contributed by atoms with Crippen molar-refractivity contribution in [3.63, 3.8) is 0 Å². The second-order valence-corrected chi connectivity index (χ2v) is 10.9. The predicted molar refractivity (Wildman–Crippen MR) is 167 cm³/mol. The van der Waals surface area contributed by atoms with Crippen LogP contribution in [0.3, 0.4) is 0 Å². The molecule has 1 heterocycles. The van der Waals surface area contributed by atoms with Crippen molar-refractivity contribution in [1.82, 2.24) is 9.97 Å². The van der Waals surface area contributed by atoms with Gasteiger partial charge < -0.3 is 0 Å². The molecule has 0 atom stereocenters. The Hall–Kier alpha value is -4.82. The van der Waals surface area contributed by atoms with E-state index in [-0.39, 0.29) is 5.41 Å². The van der Waals surface area contributed by atoms with Crippen molar-refractivity contribution in [2.45, 2.75) is 26.2 Å². The predicted octanol–water partition coefficient (Wildman–Crippen LogP) is 9.78. The van der Waals surface area contributed by atoms with Crippen LogP contribution >= 0.6 is 0 Å². The van der Waals surface area contributed by atoms with Crippen molar-refractivity contribution in [2.24, 2.45) is 0 Å². The van der Waals surface area contributed by atoms with Gasteiger partial charge in [-0.05, 0) is 69.6 Å². The Bertz CT molecular complexity index is 1750. The van der Waals surface area contributed by atoms with Crippen LogP contribution in [0, 0.1) is 6.92 Å². The Labute approximate surface area is 237 Å². The van der Waals surface area contributed by atoms with Crippen LogP contribution in [0.15, 0.2) is 140 Å². The average molecular weight is 517 g/mol. The van der Waals surface area contributed by atoms with E-state index in [1.54, 1.807) is 0 Å². The Kier molecular flexibility index (Phi) is 6.84. The second kappa shape index (κ2) is 10.7. The number of nitrogens with zero attached hydrogens (tertiary/aromatic N) is 2. The quantitative estimate of drug-likeness (QED) is 0.220. The fraction of sp³-hybridized carbons (Fsp3) is 0.105. The van der Waals surface area contributed by atoms with Crippen LogP contribution in [0.1, 0.15) is 30.7 Å². The maximum absolute atomic E-state index is 4.56. The van der Waals surface area contributed by atoms with E-state index in [2.05, 4.69) is 151 Å². The minimum atomic E-state index is -0.0502. The van der Waals surface area contributed by atoms with Crippen LogP contribution in [0.25, 0.3) is 44.6 Å². The molecule has 0 radical (unpaired) electrons. The first-order chi connectivity index (χ1) is 19.5. The van der Waals surface area contributed by atoms with Gasteiger partial charge in [0.25, 0.3) is 0 Å². The van der Waals surface area contributed by atoms with Crippen molar-refractivity contribution in [2.75, 3.05) is 0 Å². The van der Waals surface area contributed by atoms with E-state index in [0.717, 1.165) is 22.5 Å². The molecule has 40 heavy (non-hydrogen) atoms. The molecule has 0 saturated heterocycles.